The van der Waals surface area contributed by atoms with Gasteiger partial charge in [0, 0.05) is 41.9 Å². The van der Waals surface area contributed by atoms with Crippen molar-refractivity contribution in [1.29, 1.82) is 0 Å². The predicted molar refractivity (Wildman–Crippen MR) is 201 cm³/mol. The van der Waals surface area contributed by atoms with Crippen LogP contribution in [-0.4, -0.2) is 4.98 Å². The summed E-state index contributed by atoms with van der Waals surface area (Å²) in [4.78, 5) is 5.00. The molecule has 7 aromatic rings. The third kappa shape index (κ3) is 6.92. The maximum atomic E-state index is 14.2. The van der Waals surface area contributed by atoms with Crippen molar-refractivity contribution in [3.8, 4) is 17.0 Å². The molecule has 3 nitrogen and oxygen atoms in total. The van der Waals surface area contributed by atoms with Crippen LogP contribution in [-0.2, 0) is 37.7 Å². The van der Waals surface area contributed by atoms with E-state index in [4.69, 9.17) is 9.72 Å². The quantitative estimate of drug-likeness (QED) is 0.128. The number of rotatable bonds is 5. The zero-order valence-corrected chi connectivity index (χ0v) is 31.4. The third-order valence-electron chi connectivity index (χ3n) is 8.85. The SMILES string of the molecule is Cc1[c-]c2c(c(C)c1)OCc1cc3c(CC(C)C)cccc3nc1-2.O=P(c1[c-]cc2ccccc2c1)(c1ccccc1)c1ccccc1.[Ir]. The molecule has 0 N–H and O–H groups in total. The van der Waals surface area contributed by atoms with Gasteiger partial charge in [0.15, 0.2) is 0 Å². The smallest absolute Gasteiger partial charge is 0.147 e. The molecule has 1 aliphatic heterocycles. The Morgan fingerprint density at radius 2 is 1.45 bits per heavy atom. The molecule has 0 unspecified atom stereocenters. The van der Waals surface area contributed by atoms with Crippen molar-refractivity contribution in [3.63, 3.8) is 0 Å². The Bertz CT molecular complexity index is 2260. The van der Waals surface area contributed by atoms with Gasteiger partial charge in [-0.25, -0.2) is 0 Å². The summed E-state index contributed by atoms with van der Waals surface area (Å²) in [6.07, 6.45) is 1.07. The summed E-state index contributed by atoms with van der Waals surface area (Å²) < 4.78 is 20.3. The molecule has 8 rings (SSSR count). The molecule has 49 heavy (non-hydrogen) atoms. The van der Waals surface area contributed by atoms with Crippen LogP contribution < -0.4 is 20.7 Å². The predicted octanol–water partition coefficient (Wildman–Crippen LogP) is 9.69. The first-order valence-corrected chi connectivity index (χ1v) is 18.2. The Morgan fingerprint density at radius 3 is 2.12 bits per heavy atom. The molecule has 0 bridgehead atoms. The second kappa shape index (κ2) is 14.6. The molecule has 0 atom stereocenters. The average Bonchev–Trinajstić information content (AvgIpc) is 3.11. The summed E-state index contributed by atoms with van der Waals surface area (Å²) in [6.45, 7) is 9.25. The second-order valence-electron chi connectivity index (χ2n) is 12.9. The molecule has 5 heteroatoms. The first-order valence-electron chi connectivity index (χ1n) is 16.5. The van der Waals surface area contributed by atoms with Crippen molar-refractivity contribution < 1.29 is 29.4 Å². The third-order valence-corrected chi connectivity index (χ3v) is 11.8. The first-order chi connectivity index (χ1) is 23.3. The van der Waals surface area contributed by atoms with Gasteiger partial charge in [0.05, 0.1) is 12.1 Å². The molecule has 1 radical (unpaired) electrons. The molecule has 0 fully saturated rings. The van der Waals surface area contributed by atoms with Crippen molar-refractivity contribution in [2.75, 3.05) is 0 Å². The zero-order valence-electron chi connectivity index (χ0n) is 28.2. The summed E-state index contributed by atoms with van der Waals surface area (Å²) in [6, 6.07) is 49.0. The average molecular weight is 836 g/mol. The summed E-state index contributed by atoms with van der Waals surface area (Å²) in [5.74, 6) is 1.56. The van der Waals surface area contributed by atoms with Crippen molar-refractivity contribution >= 4 is 44.7 Å². The minimum absolute atomic E-state index is 0. The van der Waals surface area contributed by atoms with Gasteiger partial charge in [-0.2, -0.15) is 18.2 Å². The number of fused-ring (bicyclic) bond motifs is 5. The molecule has 0 saturated carbocycles. The Labute approximate surface area is 303 Å². The van der Waals surface area contributed by atoms with Crippen LogP contribution in [0.2, 0.25) is 0 Å². The minimum Gasteiger partial charge on any atom is -0.533 e. The Kier molecular flexibility index (Phi) is 10.3. The van der Waals surface area contributed by atoms with Gasteiger partial charge in [-0.1, -0.05) is 141 Å². The maximum Gasteiger partial charge on any atom is 0.147 e. The summed E-state index contributed by atoms with van der Waals surface area (Å²) >= 11 is 0. The number of nitrogens with zero attached hydrogens (tertiary/aromatic N) is 1. The molecule has 1 aromatic heterocycles. The van der Waals surface area contributed by atoms with Gasteiger partial charge in [-0.15, -0.1) is 34.5 Å². The number of aryl methyl sites for hydroxylation is 2. The standard InChI is InChI=1S/C22H22NO.C22H16OP.Ir/c1-13(2)8-16-6-5-7-20-18(16)11-17-12-24-22-15(4)9-14(3)10-19(22)21(17)23-20;23-24(20-11-3-1-4-12-20,21-13-5-2-6-14-21)22-16-15-18-9-7-8-10-19(18)17-22;/h5-7,9,11,13H,8,12H2,1-4H3;1-15,17H;/q2*-1;. The van der Waals surface area contributed by atoms with Crippen LogP contribution in [0.15, 0.2) is 127 Å². The minimum atomic E-state index is -2.94. The molecule has 6 aromatic carbocycles. The number of benzene rings is 6. The van der Waals surface area contributed by atoms with Gasteiger partial charge in [0.25, 0.3) is 0 Å². The zero-order chi connectivity index (χ0) is 33.3. The van der Waals surface area contributed by atoms with E-state index in [1.807, 2.05) is 97.1 Å². The van der Waals surface area contributed by atoms with E-state index in [2.05, 4.69) is 70.2 Å². The molecular weight excluding hydrogens is 798 g/mol. The molecule has 247 valence electrons. The monoisotopic (exact) mass is 836 g/mol. The topological polar surface area (TPSA) is 39.2 Å². The summed E-state index contributed by atoms with van der Waals surface area (Å²) in [5.41, 5.74) is 7.90. The van der Waals surface area contributed by atoms with Gasteiger partial charge >= 0.3 is 0 Å². The Balaban J connectivity index is 0.000000167. The largest absolute Gasteiger partial charge is 0.533 e. The van der Waals surface area contributed by atoms with Crippen LogP contribution in [0.4, 0.5) is 0 Å². The van der Waals surface area contributed by atoms with Crippen molar-refractivity contribution in [1.82, 2.24) is 4.98 Å². The van der Waals surface area contributed by atoms with Gasteiger partial charge in [0.1, 0.15) is 7.14 Å². The molecule has 1 aliphatic rings. The van der Waals surface area contributed by atoms with Crippen LogP contribution >= 0.6 is 7.14 Å². The molecule has 2 heterocycles. The van der Waals surface area contributed by atoms with E-state index >= 15 is 0 Å². The molecule has 0 saturated heterocycles. The van der Waals surface area contributed by atoms with Crippen LogP contribution in [0.3, 0.4) is 0 Å². The fourth-order valence-electron chi connectivity index (χ4n) is 6.62. The van der Waals surface area contributed by atoms with Crippen LogP contribution in [0.5, 0.6) is 5.75 Å². The van der Waals surface area contributed by atoms with Crippen molar-refractivity contribution in [3.05, 3.63) is 162 Å². The second-order valence-corrected chi connectivity index (χ2v) is 15.7. The summed E-state index contributed by atoms with van der Waals surface area (Å²) in [7, 11) is -2.94. The van der Waals surface area contributed by atoms with Gasteiger partial charge in [-0.05, 0) is 35.2 Å². The number of pyridine rings is 1. The Hall–Kier alpha value is -4.33. The van der Waals surface area contributed by atoms with Gasteiger partial charge in [-0.3, -0.25) is 4.98 Å². The van der Waals surface area contributed by atoms with E-state index in [1.54, 1.807) is 0 Å². The van der Waals surface area contributed by atoms with Crippen molar-refractivity contribution in [2.24, 2.45) is 5.92 Å². The Morgan fingerprint density at radius 1 is 0.796 bits per heavy atom. The normalized spacial score (nSPS) is 11.9. The van der Waals surface area contributed by atoms with E-state index in [9.17, 15) is 4.57 Å². The number of aromatic nitrogens is 1. The van der Waals surface area contributed by atoms with Gasteiger partial charge in [0.2, 0.25) is 0 Å². The molecule has 0 amide bonds. The van der Waals surface area contributed by atoms with Crippen molar-refractivity contribution in [2.45, 2.75) is 40.7 Å². The maximum absolute atomic E-state index is 14.2. The number of ether oxygens (including phenoxy) is 1. The van der Waals surface area contributed by atoms with Crippen LogP contribution in [0, 0.1) is 31.9 Å². The van der Waals surface area contributed by atoms with Crippen LogP contribution in [0.1, 0.15) is 36.1 Å². The van der Waals surface area contributed by atoms with E-state index in [-0.39, 0.29) is 20.1 Å². The van der Waals surface area contributed by atoms with Crippen LogP contribution in [0.25, 0.3) is 32.9 Å². The van der Waals surface area contributed by atoms with E-state index in [0.29, 0.717) is 12.5 Å². The molecule has 0 aliphatic carbocycles. The van der Waals surface area contributed by atoms with E-state index in [1.165, 1.54) is 10.9 Å². The van der Waals surface area contributed by atoms with E-state index < -0.39 is 7.14 Å². The fraction of sp³-hybridized carbons (Fsp3) is 0.159. The van der Waals surface area contributed by atoms with Gasteiger partial charge < -0.3 is 9.30 Å². The van der Waals surface area contributed by atoms with E-state index in [0.717, 1.165) is 72.3 Å². The number of hydrogen-bond donors (Lipinski definition) is 0. The molecule has 0 spiro atoms. The molecular formula is C44H38IrNO2P-2. The summed E-state index contributed by atoms with van der Waals surface area (Å²) in [5, 5.41) is 5.86. The fourth-order valence-corrected chi connectivity index (χ4v) is 9.23. The first kappa shape index (κ1) is 34.5. The number of hydrogen-bond acceptors (Lipinski definition) is 3.